The normalized spacial score (nSPS) is 27.0. The number of aryl methyl sites for hydroxylation is 1. The molecule has 1 amide bonds. The Morgan fingerprint density at radius 3 is 2.79 bits per heavy atom. The van der Waals surface area contributed by atoms with Crippen molar-refractivity contribution in [1.82, 2.24) is 4.90 Å². The van der Waals surface area contributed by atoms with Gasteiger partial charge in [0.25, 0.3) is 5.92 Å². The standard InChI is InChI=1S/C19H24F2N2O/c1-18(8-9-18)17(24)23-13-19(20,21)11-15(23)12-22-10-4-6-14-5-2-3-7-16(14)22/h2-3,5,7,15H,4,6,8-13H2,1H3/t15-/m0/s1. The number of anilines is 1. The van der Waals surface area contributed by atoms with Crippen LogP contribution in [0.3, 0.4) is 0 Å². The van der Waals surface area contributed by atoms with Gasteiger partial charge < -0.3 is 9.80 Å². The molecule has 3 aliphatic rings. The van der Waals surface area contributed by atoms with Gasteiger partial charge in [-0.3, -0.25) is 4.79 Å². The van der Waals surface area contributed by atoms with Crippen LogP contribution < -0.4 is 4.90 Å². The summed E-state index contributed by atoms with van der Waals surface area (Å²) in [5.41, 5.74) is 2.03. The number of rotatable bonds is 3. The molecule has 2 aliphatic heterocycles. The first-order valence-electron chi connectivity index (χ1n) is 8.90. The molecule has 4 rings (SSSR count). The van der Waals surface area contributed by atoms with Gasteiger partial charge in [0.05, 0.1) is 12.6 Å². The second kappa shape index (κ2) is 5.43. The average molecular weight is 334 g/mol. The topological polar surface area (TPSA) is 23.6 Å². The van der Waals surface area contributed by atoms with Gasteiger partial charge in [-0.15, -0.1) is 0 Å². The summed E-state index contributed by atoms with van der Waals surface area (Å²) in [6, 6.07) is 7.80. The van der Waals surface area contributed by atoms with E-state index in [2.05, 4.69) is 17.0 Å². The predicted molar refractivity (Wildman–Crippen MR) is 89.4 cm³/mol. The molecular weight excluding hydrogens is 310 g/mol. The molecule has 1 saturated carbocycles. The van der Waals surface area contributed by atoms with E-state index in [0.29, 0.717) is 6.54 Å². The summed E-state index contributed by atoms with van der Waals surface area (Å²) in [6.07, 6.45) is 3.51. The minimum Gasteiger partial charge on any atom is -0.369 e. The fourth-order valence-corrected chi connectivity index (χ4v) is 4.10. The molecule has 130 valence electrons. The third kappa shape index (κ3) is 2.78. The molecule has 5 heteroatoms. The summed E-state index contributed by atoms with van der Waals surface area (Å²) in [5, 5.41) is 0. The number of hydrogen-bond acceptors (Lipinski definition) is 2. The SMILES string of the molecule is CC1(C(=O)N2CC(F)(F)C[C@H]2CN2CCCc3ccccc32)CC1. The molecule has 1 aliphatic carbocycles. The number of carbonyl (C=O) groups is 1. The van der Waals surface area contributed by atoms with Crippen LogP contribution in [0.1, 0.15) is 38.2 Å². The van der Waals surface area contributed by atoms with Gasteiger partial charge in [-0.2, -0.15) is 0 Å². The molecule has 0 unspecified atom stereocenters. The molecule has 0 spiro atoms. The third-order valence-electron chi connectivity index (χ3n) is 5.79. The number of alkyl halides is 2. The molecule has 0 aromatic heterocycles. The van der Waals surface area contributed by atoms with E-state index in [9.17, 15) is 13.6 Å². The molecule has 2 fully saturated rings. The lowest BCUT2D eigenvalue weighted by atomic mass is 10.0. The van der Waals surface area contributed by atoms with Gasteiger partial charge >= 0.3 is 0 Å². The summed E-state index contributed by atoms with van der Waals surface area (Å²) in [4.78, 5) is 16.4. The van der Waals surface area contributed by atoms with Crippen molar-refractivity contribution in [3.8, 4) is 0 Å². The molecule has 0 radical (unpaired) electrons. The van der Waals surface area contributed by atoms with Crippen LogP contribution in [0.15, 0.2) is 24.3 Å². The smallest absolute Gasteiger partial charge is 0.267 e. The number of fused-ring (bicyclic) bond motifs is 1. The lowest BCUT2D eigenvalue weighted by Crippen LogP contribution is -2.46. The Labute approximate surface area is 141 Å². The number of amides is 1. The van der Waals surface area contributed by atoms with Gasteiger partial charge in [-0.1, -0.05) is 25.1 Å². The van der Waals surface area contributed by atoms with E-state index < -0.39 is 23.9 Å². The molecule has 1 aromatic carbocycles. The molecule has 1 atom stereocenters. The van der Waals surface area contributed by atoms with Gasteiger partial charge in [-0.25, -0.2) is 8.78 Å². The Morgan fingerprint density at radius 1 is 1.29 bits per heavy atom. The van der Waals surface area contributed by atoms with Gasteiger partial charge in [0.15, 0.2) is 0 Å². The number of benzene rings is 1. The highest BCUT2D eigenvalue weighted by Gasteiger charge is 2.54. The van der Waals surface area contributed by atoms with Crippen LogP contribution in [0.25, 0.3) is 0 Å². The lowest BCUT2D eigenvalue weighted by Gasteiger charge is -2.36. The van der Waals surface area contributed by atoms with Gasteiger partial charge in [0.2, 0.25) is 5.91 Å². The van der Waals surface area contributed by atoms with E-state index in [4.69, 9.17) is 0 Å². The van der Waals surface area contributed by atoms with E-state index in [-0.39, 0.29) is 12.3 Å². The minimum absolute atomic E-state index is 0.0741. The third-order valence-corrected chi connectivity index (χ3v) is 5.79. The van der Waals surface area contributed by atoms with Crippen molar-refractivity contribution >= 4 is 11.6 Å². The van der Waals surface area contributed by atoms with E-state index >= 15 is 0 Å². The fraction of sp³-hybridized carbons (Fsp3) is 0.632. The maximum absolute atomic E-state index is 14.1. The van der Waals surface area contributed by atoms with E-state index in [1.807, 2.05) is 19.1 Å². The largest absolute Gasteiger partial charge is 0.369 e. The van der Waals surface area contributed by atoms with Crippen molar-refractivity contribution in [1.29, 1.82) is 0 Å². The number of hydrogen-bond donors (Lipinski definition) is 0. The highest BCUT2D eigenvalue weighted by atomic mass is 19.3. The van der Waals surface area contributed by atoms with Crippen molar-refractivity contribution in [3.63, 3.8) is 0 Å². The van der Waals surface area contributed by atoms with Gasteiger partial charge in [0, 0.05) is 30.6 Å². The zero-order valence-electron chi connectivity index (χ0n) is 14.1. The highest BCUT2D eigenvalue weighted by molar-refractivity contribution is 5.85. The molecule has 0 bridgehead atoms. The van der Waals surface area contributed by atoms with Crippen molar-refractivity contribution in [2.45, 2.75) is 51.0 Å². The van der Waals surface area contributed by atoms with Crippen molar-refractivity contribution in [2.75, 3.05) is 24.5 Å². The molecule has 3 nitrogen and oxygen atoms in total. The molecule has 0 N–H and O–H groups in total. The quantitative estimate of drug-likeness (QED) is 0.845. The van der Waals surface area contributed by atoms with Crippen LogP contribution in [0.4, 0.5) is 14.5 Å². The van der Waals surface area contributed by atoms with Crippen LogP contribution >= 0.6 is 0 Å². The first-order chi connectivity index (χ1) is 11.4. The molecular formula is C19H24F2N2O. The Hall–Kier alpha value is -1.65. The zero-order valence-corrected chi connectivity index (χ0v) is 14.1. The molecule has 1 saturated heterocycles. The molecule has 24 heavy (non-hydrogen) atoms. The second-order valence-electron chi connectivity index (χ2n) is 7.89. The van der Waals surface area contributed by atoms with Crippen molar-refractivity contribution in [2.24, 2.45) is 5.41 Å². The fourth-order valence-electron chi connectivity index (χ4n) is 4.10. The highest BCUT2D eigenvalue weighted by Crippen LogP contribution is 2.48. The number of para-hydroxylation sites is 1. The number of nitrogens with zero attached hydrogens (tertiary/aromatic N) is 2. The van der Waals surface area contributed by atoms with E-state index in [1.165, 1.54) is 10.5 Å². The number of halogens is 2. The Morgan fingerprint density at radius 2 is 2.04 bits per heavy atom. The van der Waals surface area contributed by atoms with Crippen LogP contribution in [0.5, 0.6) is 0 Å². The van der Waals surface area contributed by atoms with Crippen molar-refractivity contribution < 1.29 is 13.6 Å². The maximum Gasteiger partial charge on any atom is 0.267 e. The second-order valence-corrected chi connectivity index (χ2v) is 7.89. The van der Waals surface area contributed by atoms with Crippen LogP contribution in [-0.4, -0.2) is 42.4 Å². The van der Waals surface area contributed by atoms with Crippen LogP contribution in [-0.2, 0) is 11.2 Å². The Bertz CT molecular complexity index is 657. The van der Waals surface area contributed by atoms with Gasteiger partial charge in [-0.05, 0) is 37.3 Å². The zero-order chi connectivity index (χ0) is 16.9. The summed E-state index contributed by atoms with van der Waals surface area (Å²) in [7, 11) is 0. The van der Waals surface area contributed by atoms with E-state index in [0.717, 1.165) is 37.9 Å². The predicted octanol–water partition coefficient (Wildman–Crippen LogP) is 3.48. The summed E-state index contributed by atoms with van der Waals surface area (Å²) in [5.74, 6) is -2.84. The average Bonchev–Trinajstić information content (AvgIpc) is 3.23. The number of likely N-dealkylation sites (tertiary alicyclic amines) is 1. The lowest BCUT2D eigenvalue weighted by molar-refractivity contribution is -0.138. The van der Waals surface area contributed by atoms with Crippen LogP contribution in [0, 0.1) is 5.41 Å². The van der Waals surface area contributed by atoms with Crippen LogP contribution in [0.2, 0.25) is 0 Å². The minimum atomic E-state index is -2.76. The summed E-state index contributed by atoms with van der Waals surface area (Å²) >= 11 is 0. The van der Waals surface area contributed by atoms with Gasteiger partial charge in [0.1, 0.15) is 0 Å². The molecule has 1 aromatic rings. The summed E-state index contributed by atoms with van der Waals surface area (Å²) < 4.78 is 28.1. The number of carbonyl (C=O) groups excluding carboxylic acids is 1. The Kier molecular flexibility index (Phi) is 3.59. The monoisotopic (exact) mass is 334 g/mol. The first kappa shape index (κ1) is 15.9. The first-order valence-corrected chi connectivity index (χ1v) is 8.90. The molecule has 2 heterocycles. The summed E-state index contributed by atoms with van der Waals surface area (Å²) in [6.45, 7) is 2.87. The Balaban J connectivity index is 1.55. The van der Waals surface area contributed by atoms with Crippen molar-refractivity contribution in [3.05, 3.63) is 29.8 Å². The maximum atomic E-state index is 14.1. The van der Waals surface area contributed by atoms with E-state index in [1.54, 1.807) is 0 Å².